The molecule has 0 unspecified atom stereocenters. The number of H-pyrrole nitrogens is 1. The van der Waals surface area contributed by atoms with Gasteiger partial charge in [0.15, 0.2) is 5.11 Å². The highest BCUT2D eigenvalue weighted by molar-refractivity contribution is 7.80. The number of aromatic amines is 1. The average Bonchev–Trinajstić information content (AvgIpc) is 2.97. The van der Waals surface area contributed by atoms with E-state index in [1.165, 1.54) is 0 Å². The molecule has 0 atom stereocenters. The molecule has 1 aromatic heterocycles. The van der Waals surface area contributed by atoms with Crippen LogP contribution in [0.25, 0.3) is 10.9 Å². The number of fused-ring (bicyclic) bond motifs is 1. The van der Waals surface area contributed by atoms with Gasteiger partial charge in [-0.3, -0.25) is 15.6 Å². The van der Waals surface area contributed by atoms with Crippen LogP contribution in [0.15, 0.2) is 60.8 Å². The van der Waals surface area contributed by atoms with Gasteiger partial charge in [-0.2, -0.15) is 0 Å². The lowest BCUT2D eigenvalue weighted by Gasteiger charge is -2.11. The largest absolute Gasteiger partial charge is 0.361 e. The second-order valence-corrected chi connectivity index (χ2v) is 5.44. The van der Waals surface area contributed by atoms with Crippen LogP contribution in [-0.2, 0) is 11.2 Å². The summed E-state index contributed by atoms with van der Waals surface area (Å²) in [7, 11) is 0. The van der Waals surface area contributed by atoms with Crippen LogP contribution in [0.2, 0.25) is 0 Å². The van der Waals surface area contributed by atoms with Crippen molar-refractivity contribution in [3.63, 3.8) is 0 Å². The molecule has 116 valence electrons. The van der Waals surface area contributed by atoms with E-state index < -0.39 is 0 Å². The third kappa shape index (κ3) is 3.87. The van der Waals surface area contributed by atoms with E-state index in [9.17, 15) is 4.79 Å². The van der Waals surface area contributed by atoms with Gasteiger partial charge in [0.05, 0.1) is 6.42 Å². The molecule has 4 N–H and O–H groups in total. The summed E-state index contributed by atoms with van der Waals surface area (Å²) in [5.41, 5.74) is 8.12. The highest BCUT2D eigenvalue weighted by Crippen LogP contribution is 2.17. The number of benzene rings is 2. The summed E-state index contributed by atoms with van der Waals surface area (Å²) in [4.78, 5) is 15.2. The Morgan fingerprint density at radius 3 is 2.57 bits per heavy atom. The van der Waals surface area contributed by atoms with Crippen molar-refractivity contribution in [3.8, 4) is 0 Å². The first kappa shape index (κ1) is 15.1. The van der Waals surface area contributed by atoms with Crippen LogP contribution in [0.1, 0.15) is 5.56 Å². The monoisotopic (exact) mass is 324 g/mol. The molecule has 1 amide bonds. The van der Waals surface area contributed by atoms with Gasteiger partial charge in [-0.25, -0.2) is 0 Å². The summed E-state index contributed by atoms with van der Waals surface area (Å²) >= 11 is 5.14. The van der Waals surface area contributed by atoms with Crippen molar-refractivity contribution in [3.05, 3.63) is 66.4 Å². The highest BCUT2D eigenvalue weighted by atomic mass is 32.1. The van der Waals surface area contributed by atoms with E-state index in [1.54, 1.807) is 0 Å². The van der Waals surface area contributed by atoms with Crippen molar-refractivity contribution in [2.75, 3.05) is 5.32 Å². The highest BCUT2D eigenvalue weighted by Gasteiger charge is 2.08. The Morgan fingerprint density at radius 2 is 1.74 bits per heavy atom. The van der Waals surface area contributed by atoms with Crippen LogP contribution in [0.4, 0.5) is 5.69 Å². The number of carbonyl (C=O) groups excluding carboxylic acids is 1. The van der Waals surface area contributed by atoms with Crippen molar-refractivity contribution >= 4 is 39.8 Å². The van der Waals surface area contributed by atoms with Gasteiger partial charge >= 0.3 is 0 Å². The molecule has 1 heterocycles. The van der Waals surface area contributed by atoms with Crippen LogP contribution in [0.5, 0.6) is 0 Å². The quantitative estimate of drug-likeness (QED) is 0.442. The molecule has 0 radical (unpaired) electrons. The molecular formula is C17H16N4OS. The maximum Gasteiger partial charge on any atom is 0.242 e. The third-order valence-corrected chi connectivity index (χ3v) is 3.58. The zero-order valence-corrected chi connectivity index (χ0v) is 13.1. The van der Waals surface area contributed by atoms with Gasteiger partial charge in [-0.15, -0.1) is 0 Å². The van der Waals surface area contributed by atoms with E-state index in [-0.39, 0.29) is 12.3 Å². The fourth-order valence-corrected chi connectivity index (χ4v) is 2.47. The Bertz CT molecular complexity index is 829. The van der Waals surface area contributed by atoms with Gasteiger partial charge in [0.1, 0.15) is 0 Å². The normalized spacial score (nSPS) is 10.3. The summed E-state index contributed by atoms with van der Waals surface area (Å²) in [5, 5.41) is 4.37. The zero-order chi connectivity index (χ0) is 16.1. The number of hydrazine groups is 1. The second kappa shape index (κ2) is 6.93. The van der Waals surface area contributed by atoms with Crippen LogP contribution in [0, 0.1) is 0 Å². The predicted molar refractivity (Wildman–Crippen MR) is 95.9 cm³/mol. The van der Waals surface area contributed by atoms with E-state index in [2.05, 4.69) is 21.2 Å². The SMILES string of the molecule is O=C(Cc1c[nH]c2ccccc12)NNC(=S)Nc1ccccc1. The molecule has 0 fully saturated rings. The summed E-state index contributed by atoms with van der Waals surface area (Å²) in [6.45, 7) is 0. The molecule has 0 bridgehead atoms. The molecule has 6 heteroatoms. The lowest BCUT2D eigenvalue weighted by molar-refractivity contribution is -0.120. The Labute approximate surface area is 139 Å². The van der Waals surface area contributed by atoms with E-state index in [0.717, 1.165) is 22.2 Å². The Balaban J connectivity index is 1.52. The lowest BCUT2D eigenvalue weighted by atomic mass is 10.1. The van der Waals surface area contributed by atoms with Gasteiger partial charge in [-0.1, -0.05) is 36.4 Å². The van der Waals surface area contributed by atoms with Gasteiger partial charge in [0.25, 0.3) is 0 Å². The molecule has 2 aromatic carbocycles. The van der Waals surface area contributed by atoms with E-state index in [1.807, 2.05) is 60.8 Å². The zero-order valence-electron chi connectivity index (χ0n) is 12.3. The molecular weight excluding hydrogens is 308 g/mol. The smallest absolute Gasteiger partial charge is 0.242 e. The van der Waals surface area contributed by atoms with E-state index in [4.69, 9.17) is 12.2 Å². The van der Waals surface area contributed by atoms with Crippen molar-refractivity contribution in [1.82, 2.24) is 15.8 Å². The number of amides is 1. The minimum absolute atomic E-state index is 0.160. The van der Waals surface area contributed by atoms with Crippen LogP contribution >= 0.6 is 12.2 Å². The van der Waals surface area contributed by atoms with Crippen molar-refractivity contribution in [2.45, 2.75) is 6.42 Å². The first-order valence-corrected chi connectivity index (χ1v) is 7.59. The molecule has 0 aliphatic rings. The minimum Gasteiger partial charge on any atom is -0.361 e. The number of thiocarbonyl (C=S) groups is 1. The van der Waals surface area contributed by atoms with Gasteiger partial charge in [0, 0.05) is 22.8 Å². The molecule has 23 heavy (non-hydrogen) atoms. The van der Waals surface area contributed by atoms with Crippen LogP contribution < -0.4 is 16.2 Å². The van der Waals surface area contributed by atoms with Gasteiger partial charge in [0.2, 0.25) is 5.91 Å². The molecule has 0 saturated heterocycles. The number of hydrogen-bond donors (Lipinski definition) is 4. The summed E-state index contributed by atoms with van der Waals surface area (Å²) in [5.74, 6) is -0.160. The van der Waals surface area contributed by atoms with Crippen LogP contribution in [-0.4, -0.2) is 16.0 Å². The molecule has 5 nitrogen and oxygen atoms in total. The Morgan fingerprint density at radius 1 is 1.00 bits per heavy atom. The maximum atomic E-state index is 12.0. The number of para-hydroxylation sites is 2. The number of carbonyl (C=O) groups is 1. The first-order chi connectivity index (χ1) is 11.2. The van der Waals surface area contributed by atoms with Crippen molar-refractivity contribution < 1.29 is 4.79 Å². The minimum atomic E-state index is -0.160. The van der Waals surface area contributed by atoms with Crippen LogP contribution in [0.3, 0.4) is 0 Å². The number of rotatable bonds is 3. The molecule has 3 aromatic rings. The number of hydrogen-bond acceptors (Lipinski definition) is 2. The molecule has 0 aliphatic heterocycles. The fourth-order valence-electron chi connectivity index (χ4n) is 2.31. The second-order valence-electron chi connectivity index (χ2n) is 5.03. The standard InChI is InChI=1S/C17H16N4OS/c22-16(10-12-11-18-15-9-5-4-8-14(12)15)20-21-17(23)19-13-6-2-1-3-7-13/h1-9,11,18H,10H2,(H,20,22)(H2,19,21,23). The molecule has 0 saturated carbocycles. The summed E-state index contributed by atoms with van der Waals surface area (Å²) in [6, 6.07) is 17.4. The van der Waals surface area contributed by atoms with Gasteiger partial charge < -0.3 is 10.3 Å². The van der Waals surface area contributed by atoms with E-state index in [0.29, 0.717) is 5.11 Å². The van der Waals surface area contributed by atoms with Gasteiger partial charge in [-0.05, 0) is 36.0 Å². The third-order valence-electron chi connectivity index (χ3n) is 3.37. The molecule has 0 aliphatic carbocycles. The van der Waals surface area contributed by atoms with Crippen molar-refractivity contribution in [2.24, 2.45) is 0 Å². The Kier molecular flexibility index (Phi) is 4.54. The number of anilines is 1. The molecule has 3 rings (SSSR count). The van der Waals surface area contributed by atoms with Crippen molar-refractivity contribution in [1.29, 1.82) is 0 Å². The average molecular weight is 324 g/mol. The number of nitrogens with one attached hydrogen (secondary N) is 4. The summed E-state index contributed by atoms with van der Waals surface area (Å²) < 4.78 is 0. The lowest BCUT2D eigenvalue weighted by Crippen LogP contribution is -2.44. The Hall–Kier alpha value is -2.86. The summed E-state index contributed by atoms with van der Waals surface area (Å²) in [6.07, 6.45) is 2.12. The topological polar surface area (TPSA) is 69.0 Å². The molecule has 0 spiro atoms. The first-order valence-electron chi connectivity index (χ1n) is 7.18. The maximum absolute atomic E-state index is 12.0. The van der Waals surface area contributed by atoms with E-state index >= 15 is 0 Å². The fraction of sp³-hybridized carbons (Fsp3) is 0.0588. The predicted octanol–water partition coefficient (Wildman–Crippen LogP) is 2.73. The number of aromatic nitrogens is 1.